The highest BCUT2D eigenvalue weighted by molar-refractivity contribution is 7.89. The lowest BCUT2D eigenvalue weighted by Crippen LogP contribution is -2.39. The second kappa shape index (κ2) is 12.8. The fourth-order valence-electron chi connectivity index (χ4n) is 4.27. The standard InChI is InChI=1S/C30H31ClN2O2S/c31-23-25-18-20-28(21-19-25)36(34,35)33-30(27-16-8-3-9-17-27)29(26-14-6-2-7-15-26)32-22-10-13-24-11-4-1-5-12-24/h1-9,11-12,14-21,29-30,32-33H,10,13,22-23H2/t29-,30-/m1/s1. The number of rotatable bonds is 12. The van der Waals surface area contributed by atoms with E-state index in [1.54, 1.807) is 24.3 Å². The van der Waals surface area contributed by atoms with E-state index in [-0.39, 0.29) is 10.9 Å². The molecule has 2 atom stereocenters. The molecule has 0 amide bonds. The third kappa shape index (κ3) is 7.05. The van der Waals surface area contributed by atoms with E-state index in [1.165, 1.54) is 5.56 Å². The molecule has 0 aliphatic carbocycles. The predicted octanol–water partition coefficient (Wildman–Crippen LogP) is 6.41. The Kier molecular flexibility index (Phi) is 9.31. The maximum absolute atomic E-state index is 13.5. The molecule has 4 nitrogen and oxygen atoms in total. The Morgan fingerprint density at radius 2 is 1.17 bits per heavy atom. The highest BCUT2D eigenvalue weighted by atomic mass is 35.5. The first-order valence-corrected chi connectivity index (χ1v) is 14.1. The predicted molar refractivity (Wildman–Crippen MR) is 147 cm³/mol. The molecule has 36 heavy (non-hydrogen) atoms. The van der Waals surface area contributed by atoms with E-state index in [2.05, 4.69) is 34.3 Å². The van der Waals surface area contributed by atoms with Crippen molar-refractivity contribution >= 4 is 21.6 Å². The van der Waals surface area contributed by atoms with Crippen molar-refractivity contribution in [3.05, 3.63) is 138 Å². The molecule has 0 saturated heterocycles. The molecule has 0 aromatic heterocycles. The number of benzene rings is 4. The smallest absolute Gasteiger partial charge is 0.241 e. The van der Waals surface area contributed by atoms with Crippen molar-refractivity contribution in [2.24, 2.45) is 0 Å². The van der Waals surface area contributed by atoms with Crippen LogP contribution in [-0.4, -0.2) is 15.0 Å². The minimum absolute atomic E-state index is 0.216. The van der Waals surface area contributed by atoms with E-state index in [4.69, 9.17) is 11.6 Å². The third-order valence-electron chi connectivity index (χ3n) is 6.17. The maximum Gasteiger partial charge on any atom is 0.241 e. The van der Waals surface area contributed by atoms with Crippen molar-refractivity contribution < 1.29 is 8.42 Å². The largest absolute Gasteiger partial charge is 0.308 e. The van der Waals surface area contributed by atoms with Gasteiger partial charge in [-0.05, 0) is 53.8 Å². The average molecular weight is 519 g/mol. The minimum atomic E-state index is -3.79. The molecule has 0 aliphatic heterocycles. The highest BCUT2D eigenvalue weighted by Crippen LogP contribution is 2.31. The Labute approximate surface area is 219 Å². The van der Waals surface area contributed by atoms with Gasteiger partial charge in [-0.15, -0.1) is 11.6 Å². The van der Waals surface area contributed by atoms with Crippen molar-refractivity contribution in [3.63, 3.8) is 0 Å². The normalized spacial score (nSPS) is 13.2. The number of alkyl halides is 1. The molecule has 0 radical (unpaired) electrons. The molecule has 0 aliphatic rings. The Balaban J connectivity index is 1.61. The average Bonchev–Trinajstić information content (AvgIpc) is 2.94. The van der Waals surface area contributed by atoms with Crippen LogP contribution in [0, 0.1) is 0 Å². The van der Waals surface area contributed by atoms with E-state index < -0.39 is 16.1 Å². The summed E-state index contributed by atoms with van der Waals surface area (Å²) in [5.74, 6) is 0.337. The number of hydrogen-bond donors (Lipinski definition) is 2. The van der Waals surface area contributed by atoms with E-state index in [1.807, 2.05) is 66.7 Å². The van der Waals surface area contributed by atoms with Crippen LogP contribution < -0.4 is 10.0 Å². The molecule has 186 valence electrons. The van der Waals surface area contributed by atoms with Crippen LogP contribution in [0.25, 0.3) is 0 Å². The molecule has 4 aromatic carbocycles. The zero-order valence-electron chi connectivity index (χ0n) is 20.1. The van der Waals surface area contributed by atoms with Crippen molar-refractivity contribution in [3.8, 4) is 0 Å². The Bertz CT molecular complexity index is 1300. The molecule has 6 heteroatoms. The summed E-state index contributed by atoms with van der Waals surface area (Å²) >= 11 is 5.89. The monoisotopic (exact) mass is 518 g/mol. The summed E-state index contributed by atoms with van der Waals surface area (Å²) in [6.07, 6.45) is 1.88. The molecule has 0 fully saturated rings. The van der Waals surface area contributed by atoms with Crippen LogP contribution in [0.4, 0.5) is 0 Å². The fraction of sp³-hybridized carbons (Fsp3) is 0.200. The Morgan fingerprint density at radius 1 is 0.639 bits per heavy atom. The van der Waals surface area contributed by atoms with Gasteiger partial charge in [0.25, 0.3) is 0 Å². The van der Waals surface area contributed by atoms with Crippen LogP contribution in [0.1, 0.15) is 40.8 Å². The van der Waals surface area contributed by atoms with Crippen LogP contribution in [0.2, 0.25) is 0 Å². The summed E-state index contributed by atoms with van der Waals surface area (Å²) in [6.45, 7) is 0.740. The first-order valence-electron chi connectivity index (χ1n) is 12.1. The van der Waals surface area contributed by atoms with E-state index in [0.717, 1.165) is 36.1 Å². The van der Waals surface area contributed by atoms with Gasteiger partial charge in [0.2, 0.25) is 10.0 Å². The van der Waals surface area contributed by atoms with E-state index >= 15 is 0 Å². The lowest BCUT2D eigenvalue weighted by Gasteiger charge is -2.30. The lowest BCUT2D eigenvalue weighted by molar-refractivity contribution is 0.420. The first-order chi connectivity index (χ1) is 17.6. The number of halogens is 1. The van der Waals surface area contributed by atoms with Gasteiger partial charge in [-0.25, -0.2) is 13.1 Å². The van der Waals surface area contributed by atoms with Crippen LogP contribution in [0.5, 0.6) is 0 Å². The second-order valence-electron chi connectivity index (χ2n) is 8.72. The topological polar surface area (TPSA) is 58.2 Å². The summed E-state index contributed by atoms with van der Waals surface area (Å²) in [5, 5.41) is 3.65. The van der Waals surface area contributed by atoms with Gasteiger partial charge >= 0.3 is 0 Å². The lowest BCUT2D eigenvalue weighted by atomic mass is 9.94. The maximum atomic E-state index is 13.5. The third-order valence-corrected chi connectivity index (χ3v) is 7.94. The molecular formula is C30H31ClN2O2S. The second-order valence-corrected chi connectivity index (χ2v) is 10.7. The first kappa shape index (κ1) is 26.1. The van der Waals surface area contributed by atoms with E-state index in [0.29, 0.717) is 5.88 Å². The van der Waals surface area contributed by atoms with Crippen LogP contribution in [0.15, 0.2) is 120 Å². The fourth-order valence-corrected chi connectivity index (χ4v) is 5.68. The van der Waals surface area contributed by atoms with E-state index in [9.17, 15) is 8.42 Å². The molecule has 0 bridgehead atoms. The highest BCUT2D eigenvalue weighted by Gasteiger charge is 2.29. The molecule has 0 heterocycles. The molecule has 2 N–H and O–H groups in total. The van der Waals surface area contributed by atoms with Gasteiger partial charge in [0.05, 0.1) is 17.0 Å². The van der Waals surface area contributed by atoms with Gasteiger partial charge < -0.3 is 5.32 Å². The molecule has 0 unspecified atom stereocenters. The molecule has 0 spiro atoms. The van der Waals surface area contributed by atoms with Crippen LogP contribution in [-0.2, 0) is 22.3 Å². The molecular weight excluding hydrogens is 488 g/mol. The summed E-state index contributed by atoms with van der Waals surface area (Å²) < 4.78 is 30.0. The van der Waals surface area contributed by atoms with Gasteiger partial charge in [0.15, 0.2) is 0 Å². The van der Waals surface area contributed by atoms with Gasteiger partial charge in [0.1, 0.15) is 0 Å². The van der Waals surface area contributed by atoms with Gasteiger partial charge in [0, 0.05) is 5.88 Å². The van der Waals surface area contributed by atoms with Crippen LogP contribution >= 0.6 is 11.6 Å². The Hall–Kier alpha value is -2.96. The van der Waals surface area contributed by atoms with Crippen molar-refractivity contribution in [2.75, 3.05) is 6.54 Å². The summed E-state index contributed by atoms with van der Waals surface area (Å²) in [5.41, 5.74) is 4.07. The zero-order chi connectivity index (χ0) is 25.2. The van der Waals surface area contributed by atoms with Crippen molar-refractivity contribution in [1.82, 2.24) is 10.0 Å². The van der Waals surface area contributed by atoms with Gasteiger partial charge in [-0.2, -0.15) is 0 Å². The molecule has 4 rings (SSSR count). The Morgan fingerprint density at radius 3 is 1.72 bits per heavy atom. The minimum Gasteiger partial charge on any atom is -0.308 e. The number of hydrogen-bond acceptors (Lipinski definition) is 3. The number of sulfonamides is 1. The van der Waals surface area contributed by atoms with Gasteiger partial charge in [-0.3, -0.25) is 0 Å². The number of nitrogens with one attached hydrogen (secondary N) is 2. The van der Waals surface area contributed by atoms with Crippen molar-refractivity contribution in [1.29, 1.82) is 0 Å². The molecule has 0 saturated carbocycles. The van der Waals surface area contributed by atoms with Gasteiger partial charge in [-0.1, -0.05) is 103 Å². The summed E-state index contributed by atoms with van der Waals surface area (Å²) in [7, 11) is -3.79. The quantitative estimate of drug-likeness (QED) is 0.168. The SMILES string of the molecule is O=S(=O)(N[C@H](c1ccccc1)[C@H](NCCCc1ccccc1)c1ccccc1)c1ccc(CCl)cc1. The van der Waals surface area contributed by atoms with Crippen LogP contribution in [0.3, 0.4) is 0 Å². The van der Waals surface area contributed by atoms with Crippen molar-refractivity contribution in [2.45, 2.75) is 35.7 Å². The summed E-state index contributed by atoms with van der Waals surface area (Å²) in [4.78, 5) is 0.216. The zero-order valence-corrected chi connectivity index (χ0v) is 21.6. The molecule has 4 aromatic rings. The number of aryl methyl sites for hydroxylation is 1. The summed E-state index contributed by atoms with van der Waals surface area (Å²) in [6, 6.07) is 36.0.